The molecule has 0 atom stereocenters. The zero-order valence-electron chi connectivity index (χ0n) is 12.5. The minimum absolute atomic E-state index is 0.198. The monoisotopic (exact) mass is 341 g/mol. The van der Waals surface area contributed by atoms with E-state index in [0.29, 0.717) is 5.13 Å². The van der Waals surface area contributed by atoms with Crippen LogP contribution in [-0.2, 0) is 11.2 Å². The number of amides is 1. The summed E-state index contributed by atoms with van der Waals surface area (Å²) in [5.41, 5.74) is 2.03. The molecular formula is C17H15N3OS2. The Morgan fingerprint density at radius 3 is 2.87 bits per heavy atom. The Labute approximate surface area is 142 Å². The van der Waals surface area contributed by atoms with Crippen molar-refractivity contribution < 1.29 is 4.79 Å². The first-order valence-corrected chi connectivity index (χ1v) is 8.78. The minimum atomic E-state index is -0.198. The van der Waals surface area contributed by atoms with E-state index in [1.165, 1.54) is 23.0 Å². The van der Waals surface area contributed by atoms with E-state index < -0.39 is 0 Å². The van der Waals surface area contributed by atoms with Gasteiger partial charge in [-0.25, -0.2) is 9.97 Å². The molecule has 0 aliphatic carbocycles. The molecule has 0 bridgehead atoms. The number of aryl methyl sites for hydroxylation is 1. The topological polar surface area (TPSA) is 54.9 Å². The van der Waals surface area contributed by atoms with Gasteiger partial charge in [-0.05, 0) is 18.6 Å². The fourth-order valence-electron chi connectivity index (χ4n) is 2.01. The molecule has 116 valence electrons. The highest BCUT2D eigenvalue weighted by Crippen LogP contribution is 2.21. The predicted molar refractivity (Wildman–Crippen MR) is 95.9 cm³/mol. The average molecular weight is 341 g/mol. The molecule has 1 amide bonds. The van der Waals surface area contributed by atoms with Gasteiger partial charge in [-0.3, -0.25) is 10.1 Å². The fourth-order valence-corrected chi connectivity index (χ4v) is 3.44. The van der Waals surface area contributed by atoms with Gasteiger partial charge in [0.2, 0.25) is 5.91 Å². The van der Waals surface area contributed by atoms with Crippen LogP contribution in [-0.4, -0.2) is 15.9 Å². The van der Waals surface area contributed by atoms with Gasteiger partial charge in [-0.15, -0.1) is 22.7 Å². The minimum Gasteiger partial charge on any atom is -0.298 e. The number of nitrogens with one attached hydrogen (secondary N) is 1. The summed E-state index contributed by atoms with van der Waals surface area (Å²) in [5, 5.41) is 6.29. The highest BCUT2D eigenvalue weighted by molar-refractivity contribution is 7.15. The molecule has 0 fully saturated rings. The van der Waals surface area contributed by atoms with Crippen molar-refractivity contribution in [1.29, 1.82) is 0 Å². The van der Waals surface area contributed by atoms with Gasteiger partial charge < -0.3 is 0 Å². The predicted octanol–water partition coefficient (Wildman–Crippen LogP) is 4.15. The Morgan fingerprint density at radius 2 is 2.13 bits per heavy atom. The fraction of sp³-hybridized carbons (Fsp3) is 0.118. The molecule has 0 aliphatic heterocycles. The summed E-state index contributed by atoms with van der Waals surface area (Å²) in [7, 11) is 0. The van der Waals surface area contributed by atoms with Crippen molar-refractivity contribution in [2.45, 2.75) is 13.3 Å². The summed E-state index contributed by atoms with van der Waals surface area (Å²) in [5.74, 6) is -0.198. The summed E-state index contributed by atoms with van der Waals surface area (Å²) in [6.07, 6.45) is 5.81. The van der Waals surface area contributed by atoms with Crippen LogP contribution in [0.5, 0.6) is 0 Å². The average Bonchev–Trinajstić information content (AvgIpc) is 3.15. The smallest absolute Gasteiger partial charge is 0.250 e. The number of thiazole rings is 2. The largest absolute Gasteiger partial charge is 0.298 e. The molecule has 0 radical (unpaired) electrons. The summed E-state index contributed by atoms with van der Waals surface area (Å²) in [6.45, 7) is 1.94. The number of hydrogen-bond acceptors (Lipinski definition) is 5. The normalized spacial score (nSPS) is 11.0. The van der Waals surface area contributed by atoms with Crippen molar-refractivity contribution in [2.75, 3.05) is 5.32 Å². The molecule has 2 aromatic heterocycles. The molecule has 0 saturated heterocycles. The first-order valence-electron chi connectivity index (χ1n) is 7.09. The maximum Gasteiger partial charge on any atom is 0.250 e. The van der Waals surface area contributed by atoms with Gasteiger partial charge >= 0.3 is 0 Å². The van der Waals surface area contributed by atoms with E-state index in [-0.39, 0.29) is 5.91 Å². The highest BCUT2D eigenvalue weighted by atomic mass is 32.1. The second-order valence-corrected chi connectivity index (χ2v) is 7.09. The maximum absolute atomic E-state index is 11.9. The quantitative estimate of drug-likeness (QED) is 0.709. The first-order chi connectivity index (χ1) is 11.2. The lowest BCUT2D eigenvalue weighted by molar-refractivity contribution is -0.111. The lowest BCUT2D eigenvalue weighted by Gasteiger charge is -1.97. The van der Waals surface area contributed by atoms with E-state index in [4.69, 9.17) is 0 Å². The number of nitrogens with zero attached hydrogens (tertiary/aromatic N) is 2. The van der Waals surface area contributed by atoms with Crippen molar-refractivity contribution in [3.63, 3.8) is 0 Å². The maximum atomic E-state index is 11.9. The molecular weight excluding hydrogens is 326 g/mol. The highest BCUT2D eigenvalue weighted by Gasteiger charge is 2.05. The summed E-state index contributed by atoms with van der Waals surface area (Å²) in [6, 6.07) is 10.2. The summed E-state index contributed by atoms with van der Waals surface area (Å²) in [4.78, 5) is 21.6. The van der Waals surface area contributed by atoms with E-state index in [1.54, 1.807) is 23.6 Å². The molecule has 0 spiro atoms. The molecule has 0 unspecified atom stereocenters. The number of hydrogen-bond donors (Lipinski definition) is 1. The van der Waals surface area contributed by atoms with Crippen molar-refractivity contribution in [2.24, 2.45) is 0 Å². The van der Waals surface area contributed by atoms with Crippen molar-refractivity contribution >= 4 is 39.8 Å². The molecule has 1 aromatic carbocycles. The van der Waals surface area contributed by atoms with Crippen LogP contribution in [0.1, 0.15) is 21.1 Å². The van der Waals surface area contributed by atoms with Crippen LogP contribution in [0.2, 0.25) is 0 Å². The zero-order valence-corrected chi connectivity index (χ0v) is 14.2. The standard InChI is InChI=1S/C17H15N3OS2/c1-12-19-14(11-22-12)7-8-16(21)20-17-18-10-15(23-17)9-13-5-3-2-4-6-13/h2-8,10-11H,9H2,1H3,(H,18,20,21)/b8-7+. The van der Waals surface area contributed by atoms with Gasteiger partial charge in [-0.2, -0.15) is 0 Å². The molecule has 3 rings (SSSR count). The second kappa shape index (κ2) is 7.30. The number of benzene rings is 1. The molecule has 1 N–H and O–H groups in total. The third-order valence-electron chi connectivity index (χ3n) is 3.05. The van der Waals surface area contributed by atoms with Crippen LogP contribution < -0.4 is 5.32 Å². The van der Waals surface area contributed by atoms with Crippen molar-refractivity contribution in [3.8, 4) is 0 Å². The molecule has 0 saturated carbocycles. The number of anilines is 1. The van der Waals surface area contributed by atoms with Gasteiger partial charge in [0, 0.05) is 29.0 Å². The lowest BCUT2D eigenvalue weighted by Crippen LogP contribution is -2.07. The summed E-state index contributed by atoms with van der Waals surface area (Å²) >= 11 is 3.05. The first kappa shape index (κ1) is 15.6. The van der Waals surface area contributed by atoms with Crippen molar-refractivity contribution in [3.05, 3.63) is 69.1 Å². The third-order valence-corrected chi connectivity index (χ3v) is 4.75. The van der Waals surface area contributed by atoms with Crippen LogP contribution in [0.4, 0.5) is 5.13 Å². The number of carbonyl (C=O) groups is 1. The lowest BCUT2D eigenvalue weighted by atomic mass is 10.1. The Bertz CT molecular complexity index is 821. The molecule has 2 heterocycles. The molecule has 6 heteroatoms. The van der Waals surface area contributed by atoms with Crippen LogP contribution in [0.25, 0.3) is 6.08 Å². The van der Waals surface area contributed by atoms with E-state index >= 15 is 0 Å². The van der Waals surface area contributed by atoms with Crippen LogP contribution in [0.15, 0.2) is 48.0 Å². The van der Waals surface area contributed by atoms with Gasteiger partial charge in [0.25, 0.3) is 0 Å². The number of carbonyl (C=O) groups excluding carboxylic acids is 1. The van der Waals surface area contributed by atoms with E-state index in [0.717, 1.165) is 22.0 Å². The zero-order chi connectivity index (χ0) is 16.1. The third kappa shape index (κ3) is 4.58. The van der Waals surface area contributed by atoms with E-state index in [2.05, 4.69) is 27.4 Å². The molecule has 23 heavy (non-hydrogen) atoms. The molecule has 4 nitrogen and oxygen atoms in total. The van der Waals surface area contributed by atoms with Gasteiger partial charge in [0.1, 0.15) is 0 Å². The Balaban J connectivity index is 1.58. The van der Waals surface area contributed by atoms with E-state index in [1.807, 2.05) is 30.5 Å². The van der Waals surface area contributed by atoms with Crippen molar-refractivity contribution in [1.82, 2.24) is 9.97 Å². The Kier molecular flexibility index (Phi) is 4.95. The van der Waals surface area contributed by atoms with E-state index in [9.17, 15) is 4.79 Å². The van der Waals surface area contributed by atoms with Gasteiger partial charge in [0.15, 0.2) is 5.13 Å². The molecule has 0 aliphatic rings. The number of aromatic nitrogens is 2. The number of rotatable bonds is 5. The Hall–Kier alpha value is -2.31. The second-order valence-electron chi connectivity index (χ2n) is 4.91. The Morgan fingerprint density at radius 1 is 1.30 bits per heavy atom. The van der Waals surface area contributed by atoms with Crippen LogP contribution in [0.3, 0.4) is 0 Å². The SMILES string of the molecule is Cc1nc(/C=C/C(=O)Nc2ncc(Cc3ccccc3)s2)cs1. The van der Waals surface area contributed by atoms with Crippen LogP contribution in [0, 0.1) is 6.92 Å². The van der Waals surface area contributed by atoms with Gasteiger partial charge in [0.05, 0.1) is 10.7 Å². The van der Waals surface area contributed by atoms with Gasteiger partial charge in [-0.1, -0.05) is 30.3 Å². The summed E-state index contributed by atoms with van der Waals surface area (Å²) < 4.78 is 0. The molecule has 3 aromatic rings. The van der Waals surface area contributed by atoms with Crippen LogP contribution >= 0.6 is 22.7 Å².